The molecule has 2 heterocycles. The Bertz CT molecular complexity index is 994. The maximum Gasteiger partial charge on any atom is 0.278 e. The number of rotatable bonds is 8. The smallest absolute Gasteiger partial charge is 0.278 e. The molecule has 9 heteroatoms. The predicted octanol–water partition coefficient (Wildman–Crippen LogP) is 4.16. The van der Waals surface area contributed by atoms with Crippen molar-refractivity contribution >= 4 is 23.4 Å². The predicted molar refractivity (Wildman–Crippen MR) is 112 cm³/mol. The van der Waals surface area contributed by atoms with Crippen LogP contribution < -0.4 is 10.1 Å². The van der Waals surface area contributed by atoms with Gasteiger partial charge in [-0.2, -0.15) is 0 Å². The Balaban J connectivity index is 1.78. The fourth-order valence-electron chi connectivity index (χ4n) is 3.46. The molecule has 0 spiro atoms. The van der Waals surface area contributed by atoms with Crippen LogP contribution in [0.25, 0.3) is 0 Å². The lowest BCUT2D eigenvalue weighted by molar-refractivity contribution is -0.120. The van der Waals surface area contributed by atoms with Gasteiger partial charge < -0.3 is 15.0 Å². The molecule has 166 valence electrons. The summed E-state index contributed by atoms with van der Waals surface area (Å²) in [7, 11) is 0. The van der Waals surface area contributed by atoms with Crippen molar-refractivity contribution in [2.75, 3.05) is 13.2 Å². The number of halogens is 3. The second-order valence-electron chi connectivity index (χ2n) is 7.57. The molecule has 1 atom stereocenters. The standard InChI is InChI=1S/C22H24ClF2N3O3/c1-4-26-20(29)10-18-16-11-28(21(30)15(16)7-8-27-18)13(2)14-5-6-19(17(23)9-14)31-12-22(3,24)25/h5-9,13H,4,10-12H2,1-3H3,(H,26,29). The largest absolute Gasteiger partial charge is 0.486 e. The lowest BCUT2D eigenvalue weighted by atomic mass is 10.1. The minimum Gasteiger partial charge on any atom is -0.486 e. The molecule has 0 saturated heterocycles. The van der Waals surface area contributed by atoms with E-state index in [2.05, 4.69) is 10.3 Å². The van der Waals surface area contributed by atoms with Crippen LogP contribution in [0.4, 0.5) is 8.78 Å². The van der Waals surface area contributed by atoms with Crippen LogP contribution in [0, 0.1) is 0 Å². The van der Waals surface area contributed by atoms with E-state index in [1.807, 2.05) is 13.8 Å². The molecule has 1 aromatic heterocycles. The van der Waals surface area contributed by atoms with Crippen molar-refractivity contribution in [1.29, 1.82) is 0 Å². The van der Waals surface area contributed by atoms with E-state index in [-0.39, 0.29) is 35.0 Å². The van der Waals surface area contributed by atoms with Crippen molar-refractivity contribution in [1.82, 2.24) is 15.2 Å². The number of aromatic nitrogens is 1. The molecule has 6 nitrogen and oxygen atoms in total. The van der Waals surface area contributed by atoms with Crippen molar-refractivity contribution in [3.63, 3.8) is 0 Å². The number of pyridine rings is 1. The van der Waals surface area contributed by atoms with Crippen LogP contribution in [0.3, 0.4) is 0 Å². The normalized spacial score (nSPS) is 14.4. The highest BCUT2D eigenvalue weighted by molar-refractivity contribution is 6.32. The van der Waals surface area contributed by atoms with E-state index in [1.165, 1.54) is 12.3 Å². The zero-order valence-corrected chi connectivity index (χ0v) is 18.3. The summed E-state index contributed by atoms with van der Waals surface area (Å²) in [4.78, 5) is 31.0. The summed E-state index contributed by atoms with van der Waals surface area (Å²) < 4.78 is 31.2. The molecule has 2 amide bonds. The van der Waals surface area contributed by atoms with Crippen molar-refractivity contribution in [2.24, 2.45) is 0 Å². The van der Waals surface area contributed by atoms with E-state index in [4.69, 9.17) is 16.3 Å². The summed E-state index contributed by atoms with van der Waals surface area (Å²) in [5, 5.41) is 2.93. The average Bonchev–Trinajstić information content (AvgIpc) is 3.04. The highest BCUT2D eigenvalue weighted by atomic mass is 35.5. The topological polar surface area (TPSA) is 71.5 Å². The van der Waals surface area contributed by atoms with Crippen molar-refractivity contribution in [3.05, 3.63) is 57.9 Å². The number of alkyl halides is 2. The van der Waals surface area contributed by atoms with Gasteiger partial charge in [-0.15, -0.1) is 0 Å². The van der Waals surface area contributed by atoms with Crippen LogP contribution in [-0.4, -0.2) is 40.8 Å². The Kier molecular flexibility index (Phi) is 6.79. The van der Waals surface area contributed by atoms with Crippen molar-refractivity contribution in [2.45, 2.75) is 45.7 Å². The molecule has 1 aliphatic rings. The van der Waals surface area contributed by atoms with Crippen LogP contribution in [0.5, 0.6) is 5.75 Å². The lowest BCUT2D eigenvalue weighted by Gasteiger charge is -2.25. The molecular weight excluding hydrogens is 428 g/mol. The van der Waals surface area contributed by atoms with Gasteiger partial charge in [-0.3, -0.25) is 14.6 Å². The average molecular weight is 452 g/mol. The van der Waals surface area contributed by atoms with E-state index < -0.39 is 12.5 Å². The fraction of sp³-hybridized carbons (Fsp3) is 0.409. The lowest BCUT2D eigenvalue weighted by Crippen LogP contribution is -2.27. The minimum atomic E-state index is -2.97. The molecule has 0 aliphatic carbocycles. The van der Waals surface area contributed by atoms with Gasteiger partial charge in [0.1, 0.15) is 5.75 Å². The minimum absolute atomic E-state index is 0.104. The third-order valence-corrected chi connectivity index (χ3v) is 5.35. The number of benzene rings is 1. The SMILES string of the molecule is CCNC(=O)Cc1nccc2c1CN(C(C)c1ccc(OCC(C)(F)F)c(Cl)c1)C2=O. The number of hydrogen-bond acceptors (Lipinski definition) is 4. The van der Waals surface area contributed by atoms with Crippen molar-refractivity contribution < 1.29 is 23.1 Å². The molecule has 1 aliphatic heterocycles. The second-order valence-corrected chi connectivity index (χ2v) is 7.98. The van der Waals surface area contributed by atoms with E-state index in [0.717, 1.165) is 18.1 Å². The first-order valence-electron chi connectivity index (χ1n) is 9.95. The Labute approximate surface area is 184 Å². The van der Waals surface area contributed by atoms with Crippen LogP contribution in [0.15, 0.2) is 30.5 Å². The van der Waals surface area contributed by atoms with Gasteiger partial charge in [0, 0.05) is 37.3 Å². The number of hydrogen-bond donors (Lipinski definition) is 1. The summed E-state index contributed by atoms with van der Waals surface area (Å²) in [5.74, 6) is -3.13. The number of carbonyl (C=O) groups excluding carboxylic acids is 2. The molecule has 2 aromatic rings. The maximum absolute atomic E-state index is 13.0. The zero-order chi connectivity index (χ0) is 22.8. The van der Waals surface area contributed by atoms with Crippen molar-refractivity contribution in [3.8, 4) is 5.75 Å². The van der Waals surface area contributed by atoms with E-state index in [0.29, 0.717) is 24.3 Å². The molecular formula is C22H24ClF2N3O3. The van der Waals surface area contributed by atoms with Gasteiger partial charge in [0.2, 0.25) is 5.91 Å². The number of fused-ring (bicyclic) bond motifs is 1. The first-order chi connectivity index (χ1) is 14.6. The van der Waals surface area contributed by atoms with E-state index >= 15 is 0 Å². The van der Waals surface area contributed by atoms with Crippen LogP contribution in [0.1, 0.15) is 54.0 Å². The summed E-state index contributed by atoms with van der Waals surface area (Å²) in [6.07, 6.45) is 1.64. The zero-order valence-electron chi connectivity index (χ0n) is 17.5. The van der Waals surface area contributed by atoms with Gasteiger partial charge in [0.05, 0.1) is 23.2 Å². The molecule has 0 fully saturated rings. The quantitative estimate of drug-likeness (QED) is 0.654. The number of ether oxygens (including phenoxy) is 1. The molecule has 1 aromatic carbocycles. The Morgan fingerprint density at radius 3 is 2.77 bits per heavy atom. The molecule has 0 radical (unpaired) electrons. The van der Waals surface area contributed by atoms with Gasteiger partial charge in [0.25, 0.3) is 11.8 Å². The van der Waals surface area contributed by atoms with Gasteiger partial charge in [-0.05, 0) is 37.6 Å². The molecule has 31 heavy (non-hydrogen) atoms. The summed E-state index contributed by atoms with van der Waals surface area (Å²) >= 11 is 6.22. The first-order valence-corrected chi connectivity index (χ1v) is 10.3. The van der Waals surface area contributed by atoms with Crippen LogP contribution >= 0.6 is 11.6 Å². The monoisotopic (exact) mass is 451 g/mol. The van der Waals surface area contributed by atoms with Gasteiger partial charge in [-0.25, -0.2) is 8.78 Å². The molecule has 1 N–H and O–H groups in total. The molecule has 3 rings (SSSR count). The second kappa shape index (κ2) is 9.18. The van der Waals surface area contributed by atoms with Crippen LogP contribution in [0.2, 0.25) is 5.02 Å². The molecule has 0 bridgehead atoms. The van der Waals surface area contributed by atoms with E-state index in [9.17, 15) is 18.4 Å². The van der Waals surface area contributed by atoms with Gasteiger partial charge in [-0.1, -0.05) is 17.7 Å². The molecule has 1 unspecified atom stereocenters. The van der Waals surface area contributed by atoms with Gasteiger partial charge >= 0.3 is 0 Å². The number of nitrogens with zero attached hydrogens (tertiary/aromatic N) is 2. The number of likely N-dealkylation sites (N-methyl/N-ethyl adjacent to an activating group) is 1. The highest BCUT2D eigenvalue weighted by Gasteiger charge is 2.34. The Morgan fingerprint density at radius 2 is 2.13 bits per heavy atom. The third kappa shape index (κ3) is 5.31. The number of nitrogens with one attached hydrogen (secondary N) is 1. The summed E-state index contributed by atoms with van der Waals surface area (Å²) in [6, 6.07) is 6.15. The van der Waals surface area contributed by atoms with Crippen LogP contribution in [-0.2, 0) is 17.8 Å². The summed E-state index contributed by atoms with van der Waals surface area (Å²) in [5.41, 5.74) is 2.58. The Hall–Kier alpha value is -2.74. The van der Waals surface area contributed by atoms with E-state index in [1.54, 1.807) is 23.1 Å². The Morgan fingerprint density at radius 1 is 1.39 bits per heavy atom. The molecule has 0 saturated carbocycles. The first kappa shape index (κ1) is 22.9. The highest BCUT2D eigenvalue weighted by Crippen LogP contribution is 2.35. The fourth-order valence-corrected chi connectivity index (χ4v) is 3.71. The maximum atomic E-state index is 13.0. The number of carbonyl (C=O) groups is 2. The number of amides is 2. The summed E-state index contributed by atoms with van der Waals surface area (Å²) in [6.45, 7) is 4.52. The third-order valence-electron chi connectivity index (χ3n) is 5.05. The van der Waals surface area contributed by atoms with Gasteiger partial charge in [0.15, 0.2) is 6.61 Å².